The van der Waals surface area contributed by atoms with Crippen molar-refractivity contribution in [2.45, 2.75) is 52.6 Å². The molecule has 0 aliphatic carbocycles. The van der Waals surface area contributed by atoms with Crippen molar-refractivity contribution in [2.75, 3.05) is 7.11 Å². The monoisotopic (exact) mass is 236 g/mol. The molecule has 0 saturated carbocycles. The third-order valence-electron chi connectivity index (χ3n) is 1.54. The van der Waals surface area contributed by atoms with Gasteiger partial charge >= 0.3 is 17.1 Å². The van der Waals surface area contributed by atoms with E-state index < -0.39 is 17.1 Å². The molecule has 14 heavy (non-hydrogen) atoms. The van der Waals surface area contributed by atoms with E-state index in [0.717, 1.165) is 0 Å². The molecular weight excluding hydrogens is 212 g/mol. The Morgan fingerprint density at radius 3 is 1.57 bits per heavy atom. The average Bonchev–Trinajstić information content (AvgIpc) is 1.78. The van der Waals surface area contributed by atoms with Crippen LogP contribution < -0.4 is 0 Å². The lowest BCUT2D eigenvalue weighted by molar-refractivity contribution is 0.0871. The van der Waals surface area contributed by atoms with E-state index in [1.54, 1.807) is 7.11 Å². The van der Waals surface area contributed by atoms with Gasteiger partial charge in [0.25, 0.3) is 0 Å². The van der Waals surface area contributed by atoms with Gasteiger partial charge in [-0.1, -0.05) is 0 Å². The summed E-state index contributed by atoms with van der Waals surface area (Å²) in [5, 5.41) is 0. The van der Waals surface area contributed by atoms with E-state index in [9.17, 15) is 0 Å². The van der Waals surface area contributed by atoms with Gasteiger partial charge in [0, 0.05) is 7.11 Å². The van der Waals surface area contributed by atoms with Crippen LogP contribution in [0.4, 0.5) is 0 Å². The third kappa shape index (κ3) is 6.72. The maximum Gasteiger partial charge on any atom is 0.323 e. The Balaban J connectivity index is 4.35. The molecule has 0 amide bonds. The molecule has 0 atom stereocenters. The van der Waals surface area contributed by atoms with E-state index in [2.05, 4.69) is 13.1 Å². The zero-order chi connectivity index (χ0) is 11.6. The van der Waals surface area contributed by atoms with Gasteiger partial charge in [-0.25, -0.2) is 0 Å². The molecule has 5 heteroatoms. The fraction of sp³-hybridized carbons (Fsp3) is 1.00. The van der Waals surface area contributed by atoms with E-state index in [0.29, 0.717) is 0 Å². The lowest BCUT2D eigenvalue weighted by atomic mass is 10.2. The summed E-state index contributed by atoms with van der Waals surface area (Å²) in [6.07, 6.45) is 0. The summed E-state index contributed by atoms with van der Waals surface area (Å²) < 4.78 is 17.3. The number of hydrogen-bond acceptors (Lipinski definition) is 3. The van der Waals surface area contributed by atoms with Gasteiger partial charge in [-0.3, -0.25) is 0 Å². The first-order chi connectivity index (χ1) is 5.97. The van der Waals surface area contributed by atoms with Gasteiger partial charge < -0.3 is 13.0 Å². The molecule has 0 aliphatic heterocycles. The normalized spacial score (nSPS) is 14.6. The van der Waals surface area contributed by atoms with E-state index in [1.165, 1.54) is 0 Å². The molecule has 0 unspecified atom stereocenters. The van der Waals surface area contributed by atoms with Gasteiger partial charge in [0.2, 0.25) is 0 Å². The number of hydrogen-bond donors (Lipinski definition) is 0. The Hall–Kier alpha value is 0.314. The Labute approximate surface area is 90.3 Å². The van der Waals surface area contributed by atoms with Crippen molar-refractivity contribution in [3.8, 4) is 0 Å². The minimum absolute atomic E-state index is 0.145. The standard InChI is InChI=1S/C9H24O3Si2/c1-9(2,3)11-14(7,8)12-13(5,6)10-4/h1-8H3. The third-order valence-corrected chi connectivity index (χ3v) is 7.55. The van der Waals surface area contributed by atoms with Crippen molar-refractivity contribution < 1.29 is 13.0 Å². The minimum atomic E-state index is -2.06. The maximum absolute atomic E-state index is 5.98. The topological polar surface area (TPSA) is 27.7 Å². The van der Waals surface area contributed by atoms with Gasteiger partial charge in [-0.15, -0.1) is 0 Å². The second-order valence-electron chi connectivity index (χ2n) is 5.32. The average molecular weight is 236 g/mol. The molecule has 0 rings (SSSR count). The van der Waals surface area contributed by atoms with Crippen molar-refractivity contribution in [3.63, 3.8) is 0 Å². The lowest BCUT2D eigenvalue weighted by Crippen LogP contribution is -2.50. The molecule has 3 nitrogen and oxygen atoms in total. The van der Waals surface area contributed by atoms with E-state index >= 15 is 0 Å². The van der Waals surface area contributed by atoms with Crippen LogP contribution in [-0.2, 0) is 13.0 Å². The Morgan fingerprint density at radius 1 is 0.857 bits per heavy atom. The molecule has 0 heterocycles. The van der Waals surface area contributed by atoms with Gasteiger partial charge in [0.15, 0.2) is 0 Å². The Morgan fingerprint density at radius 2 is 1.29 bits per heavy atom. The van der Waals surface area contributed by atoms with Crippen LogP contribution in [0.5, 0.6) is 0 Å². The van der Waals surface area contributed by atoms with Crippen LogP contribution in [0.1, 0.15) is 20.8 Å². The predicted octanol–water partition coefficient (Wildman–Crippen LogP) is 2.87. The molecule has 0 radical (unpaired) electrons. The van der Waals surface area contributed by atoms with Crippen LogP contribution in [-0.4, -0.2) is 29.8 Å². The largest absolute Gasteiger partial charge is 0.415 e. The molecule has 0 aromatic rings. The summed E-state index contributed by atoms with van der Waals surface area (Å²) in [5.41, 5.74) is -0.145. The molecule has 0 N–H and O–H groups in total. The summed E-state index contributed by atoms with van der Waals surface area (Å²) in [5.74, 6) is 0. The maximum atomic E-state index is 5.98. The second-order valence-corrected chi connectivity index (χ2v) is 12.3. The first kappa shape index (κ1) is 14.3. The van der Waals surface area contributed by atoms with Crippen LogP contribution in [0.15, 0.2) is 0 Å². The highest BCUT2D eigenvalue weighted by atomic mass is 28.5. The Bertz CT molecular complexity index is 185. The first-order valence-electron chi connectivity index (χ1n) is 4.93. The van der Waals surface area contributed by atoms with Gasteiger partial charge in [-0.2, -0.15) is 0 Å². The molecule has 0 saturated heterocycles. The van der Waals surface area contributed by atoms with Crippen molar-refractivity contribution >= 4 is 17.1 Å². The molecule has 0 aliphatic rings. The van der Waals surface area contributed by atoms with E-state index in [-0.39, 0.29) is 5.60 Å². The summed E-state index contributed by atoms with van der Waals surface area (Å²) >= 11 is 0. The molecule has 0 aromatic heterocycles. The van der Waals surface area contributed by atoms with Gasteiger partial charge in [0.1, 0.15) is 0 Å². The van der Waals surface area contributed by atoms with Crippen LogP contribution in [0.3, 0.4) is 0 Å². The molecule has 86 valence electrons. The van der Waals surface area contributed by atoms with Crippen molar-refractivity contribution in [2.24, 2.45) is 0 Å². The summed E-state index contributed by atoms with van der Waals surface area (Å²) in [4.78, 5) is 0. The summed E-state index contributed by atoms with van der Waals surface area (Å²) in [7, 11) is -2.33. The Kier molecular flexibility index (Phi) is 4.54. The molecule has 0 bridgehead atoms. The highest BCUT2D eigenvalue weighted by molar-refractivity contribution is 6.78. The van der Waals surface area contributed by atoms with Crippen LogP contribution in [0.25, 0.3) is 0 Å². The molecule has 0 aromatic carbocycles. The van der Waals surface area contributed by atoms with Crippen LogP contribution >= 0.6 is 0 Å². The summed E-state index contributed by atoms with van der Waals surface area (Å²) in [6.45, 7) is 14.3. The zero-order valence-electron chi connectivity index (χ0n) is 10.7. The predicted molar refractivity (Wildman–Crippen MR) is 63.9 cm³/mol. The molecule has 0 spiro atoms. The quantitative estimate of drug-likeness (QED) is 0.703. The minimum Gasteiger partial charge on any atom is -0.415 e. The summed E-state index contributed by atoms with van der Waals surface area (Å²) in [6, 6.07) is 0. The highest BCUT2D eigenvalue weighted by Gasteiger charge is 2.38. The van der Waals surface area contributed by atoms with Crippen LogP contribution in [0.2, 0.25) is 26.2 Å². The second kappa shape index (κ2) is 4.44. The smallest absolute Gasteiger partial charge is 0.323 e. The van der Waals surface area contributed by atoms with Crippen LogP contribution in [0, 0.1) is 0 Å². The zero-order valence-corrected chi connectivity index (χ0v) is 12.7. The van der Waals surface area contributed by atoms with Crippen molar-refractivity contribution in [3.05, 3.63) is 0 Å². The fourth-order valence-corrected chi connectivity index (χ4v) is 8.10. The molecular formula is C9H24O3Si2. The molecule has 0 fully saturated rings. The number of rotatable bonds is 4. The van der Waals surface area contributed by atoms with Crippen molar-refractivity contribution in [1.29, 1.82) is 0 Å². The van der Waals surface area contributed by atoms with E-state index in [4.69, 9.17) is 13.0 Å². The highest BCUT2D eigenvalue weighted by Crippen LogP contribution is 2.21. The van der Waals surface area contributed by atoms with Gasteiger partial charge in [0.05, 0.1) is 5.60 Å². The lowest BCUT2D eigenvalue weighted by Gasteiger charge is -2.36. The van der Waals surface area contributed by atoms with Crippen molar-refractivity contribution in [1.82, 2.24) is 0 Å². The fourth-order valence-electron chi connectivity index (χ4n) is 1.39. The van der Waals surface area contributed by atoms with E-state index in [1.807, 2.05) is 33.9 Å². The first-order valence-corrected chi connectivity index (χ1v) is 10.6. The van der Waals surface area contributed by atoms with Gasteiger partial charge in [-0.05, 0) is 47.0 Å². The SMILES string of the molecule is CO[Si](C)(C)O[Si](C)(C)OC(C)(C)C.